The highest BCUT2D eigenvalue weighted by atomic mass is 19.4. The zero-order chi connectivity index (χ0) is 21.5. The summed E-state index contributed by atoms with van der Waals surface area (Å²) in [6, 6.07) is 8.01. The van der Waals surface area contributed by atoms with Crippen molar-refractivity contribution >= 4 is 34.1 Å². The Labute approximate surface area is 170 Å². The fourth-order valence-electron chi connectivity index (χ4n) is 3.86. The van der Waals surface area contributed by atoms with Gasteiger partial charge in [-0.3, -0.25) is 9.59 Å². The molecule has 5 nitrogen and oxygen atoms in total. The molecule has 1 aliphatic carbocycles. The molecule has 0 aliphatic heterocycles. The van der Waals surface area contributed by atoms with Crippen LogP contribution in [0.3, 0.4) is 0 Å². The van der Waals surface area contributed by atoms with Gasteiger partial charge in [0, 0.05) is 29.1 Å². The van der Waals surface area contributed by atoms with Crippen molar-refractivity contribution in [2.75, 3.05) is 10.6 Å². The molecule has 0 saturated carbocycles. The van der Waals surface area contributed by atoms with Crippen molar-refractivity contribution in [3.05, 3.63) is 58.8 Å². The summed E-state index contributed by atoms with van der Waals surface area (Å²) in [5.41, 5.74) is 2.73. The summed E-state index contributed by atoms with van der Waals surface area (Å²) < 4.78 is 39.4. The molecule has 156 valence electrons. The van der Waals surface area contributed by atoms with Crippen molar-refractivity contribution in [2.45, 2.75) is 38.8 Å². The van der Waals surface area contributed by atoms with Crippen LogP contribution in [0.5, 0.6) is 0 Å². The third-order valence-corrected chi connectivity index (χ3v) is 5.27. The van der Waals surface area contributed by atoms with Gasteiger partial charge in [-0.05, 0) is 67.6 Å². The number of aromatic nitrogens is 1. The number of hydrogen-bond donors (Lipinski definition) is 3. The highest BCUT2D eigenvalue weighted by Crippen LogP contribution is 2.35. The molecule has 1 aliphatic rings. The minimum absolute atomic E-state index is 0.101. The van der Waals surface area contributed by atoms with Crippen molar-refractivity contribution < 1.29 is 22.8 Å². The van der Waals surface area contributed by atoms with Crippen LogP contribution >= 0.6 is 0 Å². The highest BCUT2D eigenvalue weighted by Gasteiger charge is 2.31. The van der Waals surface area contributed by atoms with E-state index < -0.39 is 23.6 Å². The zero-order valence-electron chi connectivity index (χ0n) is 16.2. The predicted octanol–water partition coefficient (Wildman–Crippen LogP) is 5.28. The number of aromatic amines is 1. The molecule has 3 aromatic rings. The first-order valence-electron chi connectivity index (χ1n) is 9.66. The summed E-state index contributed by atoms with van der Waals surface area (Å²) in [7, 11) is 0. The summed E-state index contributed by atoms with van der Waals surface area (Å²) in [4.78, 5) is 27.6. The van der Waals surface area contributed by atoms with Crippen LogP contribution in [-0.2, 0) is 23.8 Å². The maximum atomic E-state index is 13.1. The number of amides is 2. The number of fused-ring (bicyclic) bond motifs is 3. The van der Waals surface area contributed by atoms with E-state index in [1.807, 2.05) is 6.07 Å². The molecule has 4 rings (SSSR count). The first kappa shape index (κ1) is 20.0. The van der Waals surface area contributed by atoms with Crippen molar-refractivity contribution in [3.63, 3.8) is 0 Å². The molecule has 1 aromatic heterocycles. The van der Waals surface area contributed by atoms with Gasteiger partial charge in [-0.25, -0.2) is 0 Å². The Morgan fingerprint density at radius 3 is 2.47 bits per heavy atom. The van der Waals surface area contributed by atoms with Gasteiger partial charge in [-0.2, -0.15) is 13.2 Å². The number of H-pyrrole nitrogens is 1. The molecule has 0 bridgehead atoms. The topological polar surface area (TPSA) is 74.0 Å². The van der Waals surface area contributed by atoms with Crippen molar-refractivity contribution in [1.82, 2.24) is 4.98 Å². The zero-order valence-corrected chi connectivity index (χ0v) is 16.2. The van der Waals surface area contributed by atoms with E-state index in [1.54, 1.807) is 12.1 Å². The van der Waals surface area contributed by atoms with Crippen LogP contribution in [-0.4, -0.2) is 16.8 Å². The molecule has 0 unspecified atom stereocenters. The molecule has 0 atom stereocenters. The van der Waals surface area contributed by atoms with Gasteiger partial charge >= 0.3 is 6.18 Å². The quantitative estimate of drug-likeness (QED) is 0.545. The number of halogens is 3. The van der Waals surface area contributed by atoms with Crippen LogP contribution in [0.2, 0.25) is 0 Å². The number of carbonyl (C=O) groups excluding carboxylic acids is 2. The fraction of sp³-hybridized carbons (Fsp3) is 0.273. The first-order chi connectivity index (χ1) is 14.2. The number of hydrogen-bond acceptors (Lipinski definition) is 2. The van der Waals surface area contributed by atoms with Crippen LogP contribution < -0.4 is 10.6 Å². The number of nitrogens with one attached hydrogen (secondary N) is 3. The summed E-state index contributed by atoms with van der Waals surface area (Å²) in [5, 5.41) is 5.93. The van der Waals surface area contributed by atoms with Gasteiger partial charge in [0.05, 0.1) is 16.9 Å². The molecule has 0 fully saturated rings. The Morgan fingerprint density at radius 2 is 1.73 bits per heavy atom. The van der Waals surface area contributed by atoms with Gasteiger partial charge < -0.3 is 15.6 Å². The second-order valence-corrected chi connectivity index (χ2v) is 7.44. The molecule has 30 heavy (non-hydrogen) atoms. The maximum absolute atomic E-state index is 13.1. The lowest BCUT2D eigenvalue weighted by Gasteiger charge is -2.15. The third kappa shape index (κ3) is 3.90. The third-order valence-electron chi connectivity index (χ3n) is 5.27. The number of rotatable bonds is 3. The van der Waals surface area contributed by atoms with E-state index in [-0.39, 0.29) is 11.4 Å². The van der Waals surface area contributed by atoms with Gasteiger partial charge in [-0.1, -0.05) is 0 Å². The van der Waals surface area contributed by atoms with Crippen molar-refractivity contribution in [3.8, 4) is 0 Å². The molecule has 0 saturated heterocycles. The minimum Gasteiger partial charge on any atom is -0.358 e. The minimum atomic E-state index is -4.57. The SMILES string of the molecule is CC(=O)Nc1ccc(C(F)(F)F)cc1NC(=O)c1ccc2[nH]c3c(c2c1)CCCC3. The second kappa shape index (κ2) is 7.51. The number of carbonyl (C=O) groups is 2. The first-order valence-corrected chi connectivity index (χ1v) is 9.66. The van der Waals surface area contributed by atoms with Gasteiger partial charge in [0.25, 0.3) is 5.91 Å². The van der Waals surface area contributed by atoms with Crippen LogP contribution in [0.4, 0.5) is 24.5 Å². The summed E-state index contributed by atoms with van der Waals surface area (Å²) in [5.74, 6) is -1.00. The lowest BCUT2D eigenvalue weighted by Crippen LogP contribution is -2.16. The molecule has 1 heterocycles. The summed E-state index contributed by atoms with van der Waals surface area (Å²) in [6.07, 6.45) is -0.469. The van der Waals surface area contributed by atoms with E-state index >= 15 is 0 Å². The van der Waals surface area contributed by atoms with E-state index in [4.69, 9.17) is 0 Å². The maximum Gasteiger partial charge on any atom is 0.416 e. The number of alkyl halides is 3. The molecule has 2 aromatic carbocycles. The molecule has 3 N–H and O–H groups in total. The van der Waals surface area contributed by atoms with Crippen molar-refractivity contribution in [2.24, 2.45) is 0 Å². The molecule has 0 spiro atoms. The molecule has 8 heteroatoms. The standard InChI is InChI=1S/C22H20F3N3O2/c1-12(29)26-19-9-7-14(22(23,24)25)11-20(19)28-21(30)13-6-8-18-16(10-13)15-4-2-3-5-17(15)27-18/h6-11,27H,2-5H2,1H3,(H,26,29)(H,28,30). The Morgan fingerprint density at radius 1 is 0.967 bits per heavy atom. The molecule has 2 amide bonds. The Bertz CT molecular complexity index is 1150. The normalized spacial score (nSPS) is 13.7. The number of benzene rings is 2. The fourth-order valence-corrected chi connectivity index (χ4v) is 3.86. The van der Waals surface area contributed by atoms with Crippen LogP contribution in [0, 0.1) is 0 Å². The smallest absolute Gasteiger partial charge is 0.358 e. The Hall–Kier alpha value is -3.29. The largest absolute Gasteiger partial charge is 0.416 e. The van der Waals surface area contributed by atoms with Gasteiger partial charge in [-0.15, -0.1) is 0 Å². The Balaban J connectivity index is 1.68. The molecular weight excluding hydrogens is 395 g/mol. The molecular formula is C22H20F3N3O2. The van der Waals surface area contributed by atoms with Crippen LogP contribution in [0.15, 0.2) is 36.4 Å². The van der Waals surface area contributed by atoms with E-state index in [0.717, 1.165) is 54.8 Å². The number of aryl methyl sites for hydroxylation is 2. The van der Waals surface area contributed by atoms with Gasteiger partial charge in [0.1, 0.15) is 0 Å². The molecule has 0 radical (unpaired) electrons. The monoisotopic (exact) mass is 415 g/mol. The van der Waals surface area contributed by atoms with E-state index in [9.17, 15) is 22.8 Å². The van der Waals surface area contributed by atoms with E-state index in [1.165, 1.54) is 18.2 Å². The lowest BCUT2D eigenvalue weighted by molar-refractivity contribution is -0.137. The number of anilines is 2. The second-order valence-electron chi connectivity index (χ2n) is 7.44. The van der Waals surface area contributed by atoms with Gasteiger partial charge in [0.2, 0.25) is 5.91 Å². The summed E-state index contributed by atoms with van der Waals surface area (Å²) in [6.45, 7) is 1.24. The average molecular weight is 415 g/mol. The average Bonchev–Trinajstić information content (AvgIpc) is 3.06. The van der Waals surface area contributed by atoms with Crippen LogP contribution in [0.1, 0.15) is 46.9 Å². The highest BCUT2D eigenvalue weighted by molar-refractivity contribution is 6.09. The van der Waals surface area contributed by atoms with E-state index in [0.29, 0.717) is 5.56 Å². The lowest BCUT2D eigenvalue weighted by atomic mass is 9.95. The van der Waals surface area contributed by atoms with E-state index in [2.05, 4.69) is 15.6 Å². The summed E-state index contributed by atoms with van der Waals surface area (Å²) >= 11 is 0. The van der Waals surface area contributed by atoms with Gasteiger partial charge in [0.15, 0.2) is 0 Å². The Kier molecular flexibility index (Phi) is 5.01. The van der Waals surface area contributed by atoms with Crippen molar-refractivity contribution in [1.29, 1.82) is 0 Å². The predicted molar refractivity (Wildman–Crippen MR) is 109 cm³/mol. The van der Waals surface area contributed by atoms with Crippen LogP contribution in [0.25, 0.3) is 10.9 Å².